The molecule has 1 unspecified atom stereocenters. The molecule has 1 saturated heterocycles. The lowest BCUT2D eigenvalue weighted by molar-refractivity contribution is 0.0471. The van der Waals surface area contributed by atoms with Crippen LogP contribution in [0.5, 0.6) is 0 Å². The van der Waals surface area contributed by atoms with E-state index < -0.39 is 27.1 Å². The first kappa shape index (κ1) is 17.2. The average Bonchev–Trinajstić information content (AvgIpc) is 2.51. The number of rotatable bonds is 4. The normalized spacial score (nSPS) is 22.6. The van der Waals surface area contributed by atoms with Crippen molar-refractivity contribution in [2.45, 2.75) is 58.2 Å². The third-order valence-electron chi connectivity index (χ3n) is 2.90. The van der Waals surface area contributed by atoms with Crippen molar-refractivity contribution in [3.63, 3.8) is 0 Å². The van der Waals surface area contributed by atoms with Gasteiger partial charge < -0.3 is 15.4 Å². The Morgan fingerprint density at radius 2 is 1.85 bits per heavy atom. The van der Waals surface area contributed by atoms with Gasteiger partial charge >= 0.3 is 6.09 Å². The van der Waals surface area contributed by atoms with Gasteiger partial charge in [-0.15, -0.1) is 0 Å². The molecular formula is C13H26N2O4S. The summed E-state index contributed by atoms with van der Waals surface area (Å²) in [6, 6.07) is -0.0280. The van der Waals surface area contributed by atoms with Gasteiger partial charge in [0.1, 0.15) is 5.60 Å². The molecule has 0 aromatic rings. The van der Waals surface area contributed by atoms with E-state index in [1.807, 2.05) is 13.8 Å². The van der Waals surface area contributed by atoms with Crippen LogP contribution < -0.4 is 10.6 Å². The van der Waals surface area contributed by atoms with E-state index in [1.165, 1.54) is 0 Å². The molecule has 6 nitrogen and oxygen atoms in total. The summed E-state index contributed by atoms with van der Waals surface area (Å²) in [6.45, 7) is 9.65. The van der Waals surface area contributed by atoms with Crippen LogP contribution in [0.25, 0.3) is 0 Å². The molecule has 0 aliphatic carbocycles. The molecule has 20 heavy (non-hydrogen) atoms. The monoisotopic (exact) mass is 306 g/mol. The van der Waals surface area contributed by atoms with Gasteiger partial charge in [-0.25, -0.2) is 13.2 Å². The van der Waals surface area contributed by atoms with E-state index in [4.69, 9.17) is 4.74 Å². The van der Waals surface area contributed by atoms with Crippen LogP contribution in [-0.4, -0.2) is 49.7 Å². The van der Waals surface area contributed by atoms with Crippen molar-refractivity contribution in [2.24, 2.45) is 0 Å². The highest BCUT2D eigenvalue weighted by Crippen LogP contribution is 2.13. The first-order valence-corrected chi connectivity index (χ1v) is 8.66. The van der Waals surface area contributed by atoms with E-state index in [2.05, 4.69) is 10.6 Å². The van der Waals surface area contributed by atoms with Crippen LogP contribution in [0.4, 0.5) is 4.79 Å². The Bertz CT molecular complexity index is 451. The van der Waals surface area contributed by atoms with E-state index >= 15 is 0 Å². The Balaban J connectivity index is 2.40. The SMILES string of the molecule is CC(C)(CNC1CCS(=O)(=O)C1)NC(=O)OC(C)(C)C. The maximum absolute atomic E-state index is 11.7. The van der Waals surface area contributed by atoms with E-state index in [0.29, 0.717) is 13.0 Å². The van der Waals surface area contributed by atoms with Crippen LogP contribution in [0.3, 0.4) is 0 Å². The lowest BCUT2D eigenvalue weighted by Gasteiger charge is -2.30. The summed E-state index contributed by atoms with van der Waals surface area (Å²) in [5.74, 6) is 0.417. The standard InChI is InChI=1S/C13H26N2O4S/c1-12(2,3)19-11(16)15-13(4,5)9-14-10-6-7-20(17,18)8-10/h10,14H,6-9H2,1-5H3,(H,15,16). The maximum atomic E-state index is 11.7. The number of amides is 1. The second-order valence-electron chi connectivity index (χ2n) is 6.99. The van der Waals surface area contributed by atoms with Gasteiger partial charge in [-0.2, -0.15) is 0 Å². The van der Waals surface area contributed by atoms with Crippen LogP contribution in [0.2, 0.25) is 0 Å². The minimum Gasteiger partial charge on any atom is -0.444 e. The molecule has 0 aromatic carbocycles. The number of hydrogen-bond donors (Lipinski definition) is 2. The lowest BCUT2D eigenvalue weighted by atomic mass is 10.1. The fraction of sp³-hybridized carbons (Fsp3) is 0.923. The van der Waals surface area contributed by atoms with Gasteiger partial charge in [0.25, 0.3) is 0 Å². The van der Waals surface area contributed by atoms with Crippen LogP contribution >= 0.6 is 0 Å². The van der Waals surface area contributed by atoms with Crippen molar-refractivity contribution < 1.29 is 17.9 Å². The van der Waals surface area contributed by atoms with E-state index in [0.717, 1.165) is 0 Å². The van der Waals surface area contributed by atoms with Crippen LogP contribution in [0, 0.1) is 0 Å². The summed E-state index contributed by atoms with van der Waals surface area (Å²) in [7, 11) is -2.88. The van der Waals surface area contributed by atoms with Crippen LogP contribution in [-0.2, 0) is 14.6 Å². The highest BCUT2D eigenvalue weighted by atomic mass is 32.2. The molecule has 118 valence electrons. The second-order valence-corrected chi connectivity index (χ2v) is 9.22. The molecule has 1 amide bonds. The van der Waals surface area contributed by atoms with Crippen molar-refractivity contribution in [1.82, 2.24) is 10.6 Å². The molecule has 0 saturated carbocycles. The first-order valence-electron chi connectivity index (χ1n) is 6.84. The molecule has 2 N–H and O–H groups in total. The Morgan fingerprint density at radius 3 is 2.30 bits per heavy atom. The summed E-state index contributed by atoms with van der Waals surface area (Å²) in [6.07, 6.45) is 0.161. The van der Waals surface area contributed by atoms with E-state index in [9.17, 15) is 13.2 Å². The van der Waals surface area contributed by atoms with Crippen molar-refractivity contribution in [2.75, 3.05) is 18.1 Å². The van der Waals surface area contributed by atoms with Gasteiger partial charge in [0.05, 0.1) is 17.0 Å². The number of carbonyl (C=O) groups excluding carboxylic acids is 1. The molecule has 0 radical (unpaired) electrons. The summed E-state index contributed by atoms with van der Waals surface area (Å²) in [5, 5.41) is 5.98. The summed E-state index contributed by atoms with van der Waals surface area (Å²) < 4.78 is 27.9. The van der Waals surface area contributed by atoms with Gasteiger partial charge in [-0.3, -0.25) is 0 Å². The van der Waals surface area contributed by atoms with Crippen molar-refractivity contribution in [3.05, 3.63) is 0 Å². The summed E-state index contributed by atoms with van der Waals surface area (Å²) >= 11 is 0. The second kappa shape index (κ2) is 5.89. The molecule has 0 bridgehead atoms. The van der Waals surface area contributed by atoms with E-state index in [-0.39, 0.29) is 17.5 Å². The first-order chi connectivity index (χ1) is 8.89. The maximum Gasteiger partial charge on any atom is 0.408 e. The molecule has 1 rings (SSSR count). The van der Waals surface area contributed by atoms with Gasteiger partial charge in [0.15, 0.2) is 9.84 Å². The zero-order chi connectivity index (χ0) is 15.6. The fourth-order valence-electron chi connectivity index (χ4n) is 1.98. The molecule has 0 aromatic heterocycles. The largest absolute Gasteiger partial charge is 0.444 e. The third-order valence-corrected chi connectivity index (χ3v) is 4.67. The zero-order valence-corrected chi connectivity index (χ0v) is 13.8. The number of ether oxygens (including phenoxy) is 1. The quantitative estimate of drug-likeness (QED) is 0.811. The van der Waals surface area contributed by atoms with Crippen molar-refractivity contribution >= 4 is 15.9 Å². The number of sulfone groups is 1. The number of alkyl carbamates (subject to hydrolysis) is 1. The van der Waals surface area contributed by atoms with Crippen molar-refractivity contribution in [1.29, 1.82) is 0 Å². The number of nitrogens with one attached hydrogen (secondary N) is 2. The van der Waals surface area contributed by atoms with Crippen LogP contribution in [0.15, 0.2) is 0 Å². The molecule has 1 fully saturated rings. The molecule has 1 atom stereocenters. The zero-order valence-electron chi connectivity index (χ0n) is 12.9. The Morgan fingerprint density at radius 1 is 1.25 bits per heavy atom. The van der Waals surface area contributed by atoms with Gasteiger partial charge in [-0.1, -0.05) is 0 Å². The lowest BCUT2D eigenvalue weighted by Crippen LogP contribution is -2.53. The van der Waals surface area contributed by atoms with E-state index in [1.54, 1.807) is 20.8 Å². The predicted octanol–water partition coefficient (Wildman–Crippen LogP) is 1.07. The number of hydrogen-bond acceptors (Lipinski definition) is 5. The molecular weight excluding hydrogens is 280 g/mol. The third kappa shape index (κ3) is 6.56. The minimum atomic E-state index is -2.88. The highest BCUT2D eigenvalue weighted by Gasteiger charge is 2.30. The topological polar surface area (TPSA) is 84.5 Å². The minimum absolute atomic E-state index is 0.0280. The van der Waals surface area contributed by atoms with Crippen molar-refractivity contribution in [3.8, 4) is 0 Å². The fourth-order valence-corrected chi connectivity index (χ4v) is 3.69. The Kier molecular flexibility index (Phi) is 5.08. The Labute approximate surface area is 121 Å². The molecule has 1 heterocycles. The number of carbonyl (C=O) groups is 1. The smallest absolute Gasteiger partial charge is 0.408 e. The summed E-state index contributed by atoms with van der Waals surface area (Å²) in [5.41, 5.74) is -1.04. The van der Waals surface area contributed by atoms with Gasteiger partial charge in [0, 0.05) is 12.6 Å². The molecule has 7 heteroatoms. The average molecular weight is 306 g/mol. The molecule has 0 spiro atoms. The predicted molar refractivity (Wildman–Crippen MR) is 78.5 cm³/mol. The molecule has 1 aliphatic rings. The molecule has 1 aliphatic heterocycles. The Hall–Kier alpha value is -0.820. The van der Waals surface area contributed by atoms with Gasteiger partial charge in [-0.05, 0) is 41.0 Å². The van der Waals surface area contributed by atoms with Crippen LogP contribution in [0.1, 0.15) is 41.0 Å². The van der Waals surface area contributed by atoms with Gasteiger partial charge in [0.2, 0.25) is 0 Å². The summed E-state index contributed by atoms with van der Waals surface area (Å²) in [4.78, 5) is 11.7. The highest BCUT2D eigenvalue weighted by molar-refractivity contribution is 7.91.